The largest absolute Gasteiger partial charge is 0.423 e. The molecule has 0 aliphatic heterocycles. The lowest BCUT2D eigenvalue weighted by Gasteiger charge is -2.18. The van der Waals surface area contributed by atoms with E-state index in [0.29, 0.717) is 18.0 Å². The van der Waals surface area contributed by atoms with E-state index in [1.165, 1.54) is 12.0 Å². The van der Waals surface area contributed by atoms with Crippen molar-refractivity contribution in [2.24, 2.45) is 0 Å². The minimum Gasteiger partial charge on any atom is -0.423 e. The third-order valence-corrected chi connectivity index (χ3v) is 3.75. The Kier molecular flexibility index (Phi) is 4.19. The second kappa shape index (κ2) is 6.44. The highest BCUT2D eigenvalue weighted by Crippen LogP contribution is 2.18. The summed E-state index contributed by atoms with van der Waals surface area (Å²) in [7, 11) is 1.81. The van der Waals surface area contributed by atoms with Crippen molar-refractivity contribution in [3.05, 3.63) is 71.6 Å². The number of carbonyl (C=O) groups excluding carboxylic acids is 1. The van der Waals surface area contributed by atoms with Crippen molar-refractivity contribution >= 4 is 5.91 Å². The van der Waals surface area contributed by atoms with Gasteiger partial charge in [-0.15, -0.1) is 10.2 Å². The Labute approximate surface area is 134 Å². The molecule has 0 aliphatic carbocycles. The molecule has 3 aromatic rings. The number of carbonyl (C=O) groups is 1. The average Bonchev–Trinajstić information content (AvgIpc) is 3.11. The third-order valence-electron chi connectivity index (χ3n) is 3.75. The van der Waals surface area contributed by atoms with Gasteiger partial charge in [-0.2, -0.15) is 0 Å². The van der Waals surface area contributed by atoms with Crippen molar-refractivity contribution in [3.8, 4) is 11.5 Å². The van der Waals surface area contributed by atoms with Crippen LogP contribution in [0, 0.1) is 6.92 Å². The predicted molar refractivity (Wildman–Crippen MR) is 86.7 cm³/mol. The fourth-order valence-electron chi connectivity index (χ4n) is 2.39. The molecular formula is C18H17N3O2. The summed E-state index contributed by atoms with van der Waals surface area (Å²) < 4.78 is 5.14. The quantitative estimate of drug-likeness (QED) is 0.742. The van der Waals surface area contributed by atoms with Gasteiger partial charge in [0, 0.05) is 24.7 Å². The maximum absolute atomic E-state index is 12.5. The number of aromatic nitrogens is 2. The Morgan fingerprint density at radius 3 is 2.52 bits per heavy atom. The first-order chi connectivity index (χ1) is 11.1. The molecule has 1 heterocycles. The molecule has 0 saturated carbocycles. The van der Waals surface area contributed by atoms with Crippen LogP contribution in [0.25, 0.3) is 11.5 Å². The van der Waals surface area contributed by atoms with Gasteiger partial charge in [0.1, 0.15) is 0 Å². The summed E-state index contributed by atoms with van der Waals surface area (Å²) in [5, 5.41) is 7.50. The lowest BCUT2D eigenvalue weighted by molar-refractivity contribution is 0.0785. The lowest BCUT2D eigenvalue weighted by Crippen LogP contribution is -2.26. The monoisotopic (exact) mass is 307 g/mol. The zero-order valence-electron chi connectivity index (χ0n) is 13.1. The predicted octanol–water partition coefficient (Wildman–Crippen LogP) is 3.32. The van der Waals surface area contributed by atoms with E-state index in [-0.39, 0.29) is 5.91 Å². The van der Waals surface area contributed by atoms with E-state index in [1.54, 1.807) is 24.1 Å². The maximum atomic E-state index is 12.5. The van der Waals surface area contributed by atoms with Gasteiger partial charge in [0.15, 0.2) is 0 Å². The molecule has 116 valence electrons. The van der Waals surface area contributed by atoms with Gasteiger partial charge < -0.3 is 9.32 Å². The van der Waals surface area contributed by atoms with Crippen LogP contribution in [0.2, 0.25) is 0 Å². The Hall–Kier alpha value is -2.95. The summed E-state index contributed by atoms with van der Waals surface area (Å²) >= 11 is 0. The molecule has 1 amide bonds. The van der Waals surface area contributed by atoms with Crippen molar-refractivity contribution in [2.75, 3.05) is 7.05 Å². The van der Waals surface area contributed by atoms with Gasteiger partial charge in [0.25, 0.3) is 5.91 Å². The van der Waals surface area contributed by atoms with Crippen LogP contribution in [-0.2, 0) is 6.54 Å². The van der Waals surface area contributed by atoms with Crippen LogP contribution in [0.15, 0.2) is 59.3 Å². The second-order valence-electron chi connectivity index (χ2n) is 5.41. The van der Waals surface area contributed by atoms with Crippen molar-refractivity contribution in [3.63, 3.8) is 0 Å². The smallest absolute Gasteiger partial charge is 0.253 e. The van der Waals surface area contributed by atoms with E-state index < -0.39 is 0 Å². The topological polar surface area (TPSA) is 59.2 Å². The summed E-state index contributed by atoms with van der Waals surface area (Å²) in [6.07, 6.45) is 1.28. The lowest BCUT2D eigenvalue weighted by atomic mass is 10.1. The molecule has 1 aromatic heterocycles. The molecule has 0 spiro atoms. The van der Waals surface area contributed by atoms with E-state index in [2.05, 4.69) is 10.2 Å². The maximum Gasteiger partial charge on any atom is 0.253 e. The minimum atomic E-state index is -0.0228. The van der Waals surface area contributed by atoms with Gasteiger partial charge in [-0.1, -0.05) is 24.3 Å². The molecule has 0 atom stereocenters. The van der Waals surface area contributed by atoms with Crippen LogP contribution in [0.1, 0.15) is 21.5 Å². The first-order valence-corrected chi connectivity index (χ1v) is 7.32. The van der Waals surface area contributed by atoms with Crippen molar-refractivity contribution in [2.45, 2.75) is 13.5 Å². The fourth-order valence-corrected chi connectivity index (χ4v) is 2.39. The van der Waals surface area contributed by atoms with Gasteiger partial charge in [-0.25, -0.2) is 0 Å². The highest BCUT2D eigenvalue weighted by molar-refractivity contribution is 5.94. The molecule has 3 rings (SSSR count). The summed E-state index contributed by atoms with van der Waals surface area (Å²) in [5.41, 5.74) is 3.75. The SMILES string of the molecule is Cc1ccccc1CN(C)C(=O)c1ccc(-c2nnco2)cc1. The summed E-state index contributed by atoms with van der Waals surface area (Å²) in [6, 6.07) is 15.2. The van der Waals surface area contributed by atoms with Gasteiger partial charge >= 0.3 is 0 Å². The van der Waals surface area contributed by atoms with Crippen LogP contribution in [-0.4, -0.2) is 28.1 Å². The summed E-state index contributed by atoms with van der Waals surface area (Å²) in [6.45, 7) is 2.63. The highest BCUT2D eigenvalue weighted by atomic mass is 16.4. The van der Waals surface area contributed by atoms with Crippen LogP contribution in [0.4, 0.5) is 0 Å². The van der Waals surface area contributed by atoms with E-state index in [0.717, 1.165) is 11.1 Å². The molecular weight excluding hydrogens is 290 g/mol. The molecule has 5 nitrogen and oxygen atoms in total. The van der Waals surface area contributed by atoms with E-state index in [9.17, 15) is 4.79 Å². The fraction of sp³-hybridized carbons (Fsp3) is 0.167. The Balaban J connectivity index is 1.73. The number of hydrogen-bond donors (Lipinski definition) is 0. The van der Waals surface area contributed by atoms with Crippen LogP contribution in [0.3, 0.4) is 0 Å². The van der Waals surface area contributed by atoms with E-state index in [4.69, 9.17) is 4.42 Å². The van der Waals surface area contributed by atoms with Gasteiger partial charge in [0.2, 0.25) is 12.3 Å². The number of aryl methyl sites for hydroxylation is 1. The van der Waals surface area contributed by atoms with E-state index >= 15 is 0 Å². The Bertz CT molecular complexity index is 795. The number of hydrogen-bond acceptors (Lipinski definition) is 4. The van der Waals surface area contributed by atoms with Crippen LogP contribution < -0.4 is 0 Å². The first kappa shape index (κ1) is 15.0. The number of rotatable bonds is 4. The zero-order valence-corrected chi connectivity index (χ0v) is 13.1. The van der Waals surface area contributed by atoms with Crippen LogP contribution >= 0.6 is 0 Å². The number of nitrogens with zero attached hydrogens (tertiary/aromatic N) is 3. The molecule has 0 bridgehead atoms. The van der Waals surface area contributed by atoms with E-state index in [1.807, 2.05) is 43.3 Å². The molecule has 0 aliphatic rings. The van der Waals surface area contributed by atoms with Crippen molar-refractivity contribution < 1.29 is 9.21 Å². The minimum absolute atomic E-state index is 0.0228. The second-order valence-corrected chi connectivity index (χ2v) is 5.41. The molecule has 0 saturated heterocycles. The molecule has 0 N–H and O–H groups in total. The van der Waals surface area contributed by atoms with Gasteiger partial charge in [0.05, 0.1) is 0 Å². The Morgan fingerprint density at radius 2 is 1.87 bits per heavy atom. The number of amides is 1. The first-order valence-electron chi connectivity index (χ1n) is 7.32. The van der Waals surface area contributed by atoms with Crippen molar-refractivity contribution in [1.82, 2.24) is 15.1 Å². The molecule has 2 aromatic carbocycles. The molecule has 0 unspecified atom stereocenters. The molecule has 0 fully saturated rings. The zero-order chi connectivity index (χ0) is 16.2. The molecule has 23 heavy (non-hydrogen) atoms. The Morgan fingerprint density at radius 1 is 1.13 bits per heavy atom. The standard InChI is InChI=1S/C18H17N3O2/c1-13-5-3-4-6-16(13)11-21(2)18(22)15-9-7-14(8-10-15)17-20-19-12-23-17/h3-10,12H,11H2,1-2H3. The van der Waals surface area contributed by atoms with Gasteiger partial charge in [-0.05, 0) is 42.3 Å². The third kappa shape index (κ3) is 3.29. The average molecular weight is 307 g/mol. The van der Waals surface area contributed by atoms with Crippen LogP contribution in [0.5, 0.6) is 0 Å². The highest BCUT2D eigenvalue weighted by Gasteiger charge is 2.13. The normalized spacial score (nSPS) is 10.5. The van der Waals surface area contributed by atoms with Gasteiger partial charge in [-0.3, -0.25) is 4.79 Å². The molecule has 5 heteroatoms. The van der Waals surface area contributed by atoms with Crippen molar-refractivity contribution in [1.29, 1.82) is 0 Å². The summed E-state index contributed by atoms with van der Waals surface area (Å²) in [4.78, 5) is 14.2. The molecule has 0 radical (unpaired) electrons. The number of benzene rings is 2. The summed E-state index contributed by atoms with van der Waals surface area (Å²) in [5.74, 6) is 0.419.